The van der Waals surface area contributed by atoms with E-state index in [1.165, 1.54) is 0 Å². The molecule has 4 nitrogen and oxygen atoms in total. The molecule has 0 aliphatic carbocycles. The van der Waals surface area contributed by atoms with Gasteiger partial charge < -0.3 is 14.8 Å². The van der Waals surface area contributed by atoms with Gasteiger partial charge in [0, 0.05) is 10.6 Å². The molecule has 1 atom stereocenters. The molecule has 0 aliphatic rings. The largest absolute Gasteiger partial charge is 0.497 e. The smallest absolute Gasteiger partial charge is 0.251 e. The summed E-state index contributed by atoms with van der Waals surface area (Å²) in [4.78, 5) is 12.1. The summed E-state index contributed by atoms with van der Waals surface area (Å²) in [6.07, 6.45) is 0. The summed E-state index contributed by atoms with van der Waals surface area (Å²) in [5.41, 5.74) is 0.553. The van der Waals surface area contributed by atoms with Gasteiger partial charge in [-0.3, -0.25) is 4.79 Å². The average Bonchev–Trinajstić information content (AvgIpc) is 2.54. The lowest BCUT2D eigenvalue weighted by Crippen LogP contribution is -2.36. The zero-order chi connectivity index (χ0) is 15.9. The van der Waals surface area contributed by atoms with Crippen molar-refractivity contribution in [3.05, 3.63) is 59.1 Å². The topological polar surface area (TPSA) is 47.6 Å². The van der Waals surface area contributed by atoms with Crippen LogP contribution in [-0.4, -0.2) is 25.7 Å². The maximum absolute atomic E-state index is 12.1. The first-order valence-corrected chi connectivity index (χ1v) is 7.29. The molecule has 2 aromatic rings. The lowest BCUT2D eigenvalue weighted by molar-refractivity contribution is 0.0926. The minimum Gasteiger partial charge on any atom is -0.497 e. The first-order valence-electron chi connectivity index (χ1n) is 6.92. The highest BCUT2D eigenvalue weighted by molar-refractivity contribution is 6.30. The van der Waals surface area contributed by atoms with E-state index in [4.69, 9.17) is 21.1 Å². The van der Waals surface area contributed by atoms with E-state index < -0.39 is 0 Å². The molecular formula is C17H18ClNO3. The number of ether oxygens (including phenoxy) is 2. The van der Waals surface area contributed by atoms with Crippen LogP contribution in [0.15, 0.2) is 48.5 Å². The molecule has 2 aromatic carbocycles. The van der Waals surface area contributed by atoms with Crippen LogP contribution in [0.1, 0.15) is 17.3 Å². The first-order chi connectivity index (χ1) is 10.6. The molecular weight excluding hydrogens is 302 g/mol. The van der Waals surface area contributed by atoms with Crippen LogP contribution in [0.2, 0.25) is 5.02 Å². The van der Waals surface area contributed by atoms with Crippen molar-refractivity contribution in [3.8, 4) is 11.5 Å². The standard InChI is InChI=1S/C17H18ClNO3/c1-12(11-22-15-8-6-14(18)7-9-15)19-17(20)13-4-3-5-16(10-13)21-2/h3-10,12H,11H2,1-2H3,(H,19,20). The second kappa shape index (κ2) is 7.71. The SMILES string of the molecule is COc1cccc(C(=O)NC(C)COc2ccc(Cl)cc2)c1. The van der Waals surface area contributed by atoms with Gasteiger partial charge in [0.05, 0.1) is 13.2 Å². The molecule has 0 spiro atoms. The molecule has 1 unspecified atom stereocenters. The molecule has 0 heterocycles. The minimum absolute atomic E-state index is 0.130. The van der Waals surface area contributed by atoms with Gasteiger partial charge in [0.1, 0.15) is 18.1 Å². The Labute approximate surface area is 135 Å². The third-order valence-electron chi connectivity index (χ3n) is 3.02. The number of nitrogens with one attached hydrogen (secondary N) is 1. The van der Waals surface area contributed by atoms with Crippen LogP contribution in [0.3, 0.4) is 0 Å². The number of carbonyl (C=O) groups excluding carboxylic acids is 1. The summed E-state index contributed by atoms with van der Waals surface area (Å²) >= 11 is 5.81. The molecule has 0 bridgehead atoms. The third kappa shape index (κ3) is 4.67. The van der Waals surface area contributed by atoms with Crippen LogP contribution in [0.5, 0.6) is 11.5 Å². The molecule has 22 heavy (non-hydrogen) atoms. The Bertz CT molecular complexity index is 628. The van der Waals surface area contributed by atoms with Crippen molar-refractivity contribution < 1.29 is 14.3 Å². The van der Waals surface area contributed by atoms with Gasteiger partial charge in [0.15, 0.2) is 0 Å². The fourth-order valence-corrected chi connectivity index (χ4v) is 1.99. The number of rotatable bonds is 6. The van der Waals surface area contributed by atoms with Gasteiger partial charge in [-0.1, -0.05) is 17.7 Å². The fourth-order valence-electron chi connectivity index (χ4n) is 1.87. The number of hydrogen-bond acceptors (Lipinski definition) is 3. The number of benzene rings is 2. The maximum atomic E-state index is 12.1. The number of amides is 1. The number of carbonyl (C=O) groups is 1. The van der Waals surface area contributed by atoms with Crippen LogP contribution in [0, 0.1) is 0 Å². The van der Waals surface area contributed by atoms with Crippen LogP contribution in [-0.2, 0) is 0 Å². The highest BCUT2D eigenvalue weighted by Gasteiger charge is 2.11. The van der Waals surface area contributed by atoms with E-state index in [0.29, 0.717) is 28.7 Å². The van der Waals surface area contributed by atoms with E-state index in [2.05, 4.69) is 5.32 Å². The molecule has 0 fully saturated rings. The Morgan fingerprint density at radius 1 is 1.18 bits per heavy atom. The lowest BCUT2D eigenvalue weighted by atomic mass is 10.2. The highest BCUT2D eigenvalue weighted by Crippen LogP contribution is 2.16. The van der Waals surface area contributed by atoms with Gasteiger partial charge in [-0.15, -0.1) is 0 Å². The van der Waals surface area contributed by atoms with Gasteiger partial charge in [-0.25, -0.2) is 0 Å². The number of halogens is 1. The summed E-state index contributed by atoms with van der Waals surface area (Å²) < 4.78 is 10.7. The van der Waals surface area contributed by atoms with E-state index in [9.17, 15) is 4.79 Å². The predicted octanol–water partition coefficient (Wildman–Crippen LogP) is 3.55. The van der Waals surface area contributed by atoms with Crippen LogP contribution in [0.25, 0.3) is 0 Å². The molecule has 5 heteroatoms. The van der Waals surface area contributed by atoms with E-state index in [-0.39, 0.29) is 11.9 Å². The van der Waals surface area contributed by atoms with Crippen molar-refractivity contribution >= 4 is 17.5 Å². The van der Waals surface area contributed by atoms with Crippen molar-refractivity contribution in [3.63, 3.8) is 0 Å². The molecule has 1 N–H and O–H groups in total. The fraction of sp³-hybridized carbons (Fsp3) is 0.235. The van der Waals surface area contributed by atoms with Crippen LogP contribution < -0.4 is 14.8 Å². The monoisotopic (exact) mass is 319 g/mol. The summed E-state index contributed by atoms with van der Waals surface area (Å²) in [5.74, 6) is 1.20. The van der Waals surface area contributed by atoms with E-state index in [1.807, 2.05) is 6.92 Å². The molecule has 116 valence electrons. The second-order valence-electron chi connectivity index (χ2n) is 4.87. The van der Waals surface area contributed by atoms with Crippen molar-refractivity contribution in [1.82, 2.24) is 5.32 Å². The van der Waals surface area contributed by atoms with Crippen molar-refractivity contribution in [1.29, 1.82) is 0 Å². The zero-order valence-electron chi connectivity index (χ0n) is 12.5. The Hall–Kier alpha value is -2.20. The molecule has 0 saturated heterocycles. The normalized spacial score (nSPS) is 11.6. The van der Waals surface area contributed by atoms with E-state index >= 15 is 0 Å². The summed E-state index contributed by atoms with van der Waals surface area (Å²) in [7, 11) is 1.57. The number of methoxy groups -OCH3 is 1. The summed E-state index contributed by atoms with van der Waals surface area (Å²) in [5, 5.41) is 3.54. The Morgan fingerprint density at radius 3 is 2.59 bits per heavy atom. The highest BCUT2D eigenvalue weighted by atomic mass is 35.5. The summed E-state index contributed by atoms with van der Waals surface area (Å²) in [6, 6.07) is 14.0. The van der Waals surface area contributed by atoms with Gasteiger partial charge in [-0.05, 0) is 49.4 Å². The lowest BCUT2D eigenvalue weighted by Gasteiger charge is -2.15. The predicted molar refractivity (Wildman–Crippen MR) is 86.9 cm³/mol. The second-order valence-corrected chi connectivity index (χ2v) is 5.31. The Balaban J connectivity index is 1.86. The molecule has 1 amide bonds. The van der Waals surface area contributed by atoms with Gasteiger partial charge in [0.2, 0.25) is 0 Å². The molecule has 0 aliphatic heterocycles. The van der Waals surface area contributed by atoms with Crippen molar-refractivity contribution in [2.45, 2.75) is 13.0 Å². The third-order valence-corrected chi connectivity index (χ3v) is 3.28. The summed E-state index contributed by atoms with van der Waals surface area (Å²) in [6.45, 7) is 2.26. The van der Waals surface area contributed by atoms with Gasteiger partial charge in [0.25, 0.3) is 5.91 Å². The first kappa shape index (κ1) is 16.2. The quantitative estimate of drug-likeness (QED) is 0.885. The molecule has 2 rings (SSSR count). The average molecular weight is 320 g/mol. The zero-order valence-corrected chi connectivity index (χ0v) is 13.3. The minimum atomic E-state index is -0.161. The van der Waals surface area contributed by atoms with Crippen LogP contribution >= 0.6 is 11.6 Å². The van der Waals surface area contributed by atoms with E-state index in [1.54, 1.807) is 55.6 Å². The van der Waals surface area contributed by atoms with Gasteiger partial charge in [-0.2, -0.15) is 0 Å². The number of hydrogen-bond donors (Lipinski definition) is 1. The molecule has 0 saturated carbocycles. The Kier molecular flexibility index (Phi) is 5.67. The Morgan fingerprint density at radius 2 is 1.91 bits per heavy atom. The van der Waals surface area contributed by atoms with Crippen molar-refractivity contribution in [2.24, 2.45) is 0 Å². The molecule has 0 aromatic heterocycles. The van der Waals surface area contributed by atoms with Gasteiger partial charge >= 0.3 is 0 Å². The molecule has 0 radical (unpaired) electrons. The van der Waals surface area contributed by atoms with E-state index in [0.717, 1.165) is 0 Å². The van der Waals surface area contributed by atoms with Crippen LogP contribution in [0.4, 0.5) is 0 Å². The van der Waals surface area contributed by atoms with Crippen molar-refractivity contribution in [2.75, 3.05) is 13.7 Å². The maximum Gasteiger partial charge on any atom is 0.251 e.